The van der Waals surface area contributed by atoms with E-state index in [1.54, 1.807) is 13.8 Å². The van der Waals surface area contributed by atoms with Crippen LogP contribution < -0.4 is 4.72 Å². The number of benzene rings is 1. The number of aromatic amines is 1. The van der Waals surface area contributed by atoms with Crippen LogP contribution in [0, 0.1) is 34.6 Å². The molecule has 0 aliphatic carbocycles. The van der Waals surface area contributed by atoms with Gasteiger partial charge < -0.3 is 0 Å². The van der Waals surface area contributed by atoms with Crippen molar-refractivity contribution in [1.82, 2.24) is 14.9 Å². The molecular weight excluding hydrogens is 286 g/mol. The summed E-state index contributed by atoms with van der Waals surface area (Å²) in [6.07, 6.45) is 0. The van der Waals surface area contributed by atoms with E-state index in [9.17, 15) is 8.42 Å². The molecule has 0 amide bonds. The van der Waals surface area contributed by atoms with Gasteiger partial charge in [-0.1, -0.05) is 12.1 Å². The van der Waals surface area contributed by atoms with Crippen molar-refractivity contribution >= 4 is 10.0 Å². The Morgan fingerprint density at radius 3 is 2.24 bits per heavy atom. The predicted octanol–water partition coefficient (Wildman–Crippen LogP) is 2.43. The monoisotopic (exact) mass is 307 g/mol. The van der Waals surface area contributed by atoms with Crippen molar-refractivity contribution in [3.05, 3.63) is 45.8 Å². The molecule has 2 N–H and O–H groups in total. The van der Waals surface area contributed by atoms with Gasteiger partial charge in [0.15, 0.2) is 0 Å². The van der Waals surface area contributed by atoms with Crippen LogP contribution in [0.2, 0.25) is 0 Å². The van der Waals surface area contributed by atoms with Crippen LogP contribution in [0.4, 0.5) is 0 Å². The van der Waals surface area contributed by atoms with E-state index in [0.717, 1.165) is 16.7 Å². The first-order chi connectivity index (χ1) is 9.72. The SMILES string of the molecule is Cc1cc(C)c(CNS(=O)(=O)c2c(C)n[nH]c2C)cc1C. The molecule has 0 fully saturated rings. The average molecular weight is 307 g/mol. The van der Waals surface area contributed by atoms with Crippen molar-refractivity contribution < 1.29 is 8.42 Å². The van der Waals surface area contributed by atoms with E-state index in [4.69, 9.17) is 0 Å². The summed E-state index contributed by atoms with van der Waals surface area (Å²) in [4.78, 5) is 0.240. The van der Waals surface area contributed by atoms with Gasteiger partial charge in [-0.25, -0.2) is 13.1 Å². The van der Waals surface area contributed by atoms with E-state index in [1.807, 2.05) is 19.9 Å². The molecule has 0 radical (unpaired) electrons. The molecular formula is C15H21N3O2S. The van der Waals surface area contributed by atoms with Gasteiger partial charge >= 0.3 is 0 Å². The molecule has 0 saturated carbocycles. The first kappa shape index (κ1) is 15.7. The van der Waals surface area contributed by atoms with E-state index in [2.05, 4.69) is 27.9 Å². The van der Waals surface area contributed by atoms with Crippen molar-refractivity contribution in [3.8, 4) is 0 Å². The van der Waals surface area contributed by atoms with Gasteiger partial charge in [-0.3, -0.25) is 5.10 Å². The summed E-state index contributed by atoms with van der Waals surface area (Å²) >= 11 is 0. The third-order valence-corrected chi connectivity index (χ3v) is 5.40. The van der Waals surface area contributed by atoms with Crippen molar-refractivity contribution in [2.75, 3.05) is 0 Å². The highest BCUT2D eigenvalue weighted by molar-refractivity contribution is 7.89. The van der Waals surface area contributed by atoms with Crippen molar-refractivity contribution in [2.45, 2.75) is 46.1 Å². The van der Waals surface area contributed by atoms with Crippen molar-refractivity contribution in [2.24, 2.45) is 0 Å². The average Bonchev–Trinajstić information content (AvgIpc) is 2.72. The van der Waals surface area contributed by atoms with Gasteiger partial charge in [-0.05, 0) is 56.9 Å². The lowest BCUT2D eigenvalue weighted by Gasteiger charge is -2.11. The van der Waals surface area contributed by atoms with E-state index >= 15 is 0 Å². The van der Waals surface area contributed by atoms with Gasteiger partial charge in [0.1, 0.15) is 4.90 Å². The van der Waals surface area contributed by atoms with Crippen LogP contribution in [0.3, 0.4) is 0 Å². The molecule has 1 aromatic carbocycles. The number of sulfonamides is 1. The van der Waals surface area contributed by atoms with Gasteiger partial charge in [-0.15, -0.1) is 0 Å². The van der Waals surface area contributed by atoms with Crippen LogP contribution >= 0.6 is 0 Å². The van der Waals surface area contributed by atoms with Crippen molar-refractivity contribution in [1.29, 1.82) is 0 Å². The van der Waals surface area contributed by atoms with Gasteiger partial charge in [-0.2, -0.15) is 5.10 Å². The standard InChI is InChI=1S/C15H21N3O2S/c1-9-6-11(3)14(7-10(9)2)8-16-21(19,20)15-12(4)17-18-13(15)5/h6-7,16H,8H2,1-5H3,(H,17,18). The fourth-order valence-corrected chi connectivity index (χ4v) is 3.77. The van der Waals surface area contributed by atoms with E-state index in [-0.39, 0.29) is 11.4 Å². The minimum atomic E-state index is -3.56. The van der Waals surface area contributed by atoms with Crippen LogP contribution in [-0.4, -0.2) is 18.6 Å². The third-order valence-electron chi connectivity index (χ3n) is 3.73. The number of aryl methyl sites for hydroxylation is 5. The summed E-state index contributed by atoms with van der Waals surface area (Å²) in [5.74, 6) is 0. The molecule has 2 rings (SSSR count). The Hall–Kier alpha value is -1.66. The number of nitrogens with zero attached hydrogens (tertiary/aromatic N) is 1. The van der Waals surface area contributed by atoms with Crippen LogP contribution in [0.5, 0.6) is 0 Å². The molecule has 21 heavy (non-hydrogen) atoms. The summed E-state index contributed by atoms with van der Waals surface area (Å²) in [5.41, 5.74) is 5.47. The molecule has 114 valence electrons. The highest BCUT2D eigenvalue weighted by Crippen LogP contribution is 2.19. The van der Waals surface area contributed by atoms with Crippen molar-refractivity contribution in [3.63, 3.8) is 0 Å². The predicted molar refractivity (Wildman–Crippen MR) is 82.7 cm³/mol. The molecule has 0 spiro atoms. The molecule has 2 aromatic rings. The van der Waals surface area contributed by atoms with Gasteiger partial charge in [0.05, 0.1) is 11.4 Å². The fraction of sp³-hybridized carbons (Fsp3) is 0.400. The second-order valence-electron chi connectivity index (χ2n) is 5.45. The summed E-state index contributed by atoms with van der Waals surface area (Å²) in [6.45, 7) is 9.73. The topological polar surface area (TPSA) is 74.8 Å². The summed E-state index contributed by atoms with van der Waals surface area (Å²) < 4.78 is 27.5. The number of aromatic nitrogens is 2. The Morgan fingerprint density at radius 2 is 1.67 bits per heavy atom. The number of nitrogens with one attached hydrogen (secondary N) is 2. The zero-order valence-electron chi connectivity index (χ0n) is 13.0. The Kier molecular flexibility index (Phi) is 4.20. The number of H-pyrrole nitrogens is 1. The van der Waals surface area contributed by atoms with Crippen LogP contribution in [-0.2, 0) is 16.6 Å². The molecule has 1 heterocycles. The largest absolute Gasteiger partial charge is 0.281 e. The molecule has 6 heteroatoms. The minimum Gasteiger partial charge on any atom is -0.281 e. The van der Waals surface area contributed by atoms with Crippen LogP contribution in [0.25, 0.3) is 0 Å². The zero-order valence-corrected chi connectivity index (χ0v) is 13.9. The molecule has 0 bridgehead atoms. The number of rotatable bonds is 4. The normalized spacial score (nSPS) is 11.9. The number of hydrogen-bond acceptors (Lipinski definition) is 3. The lowest BCUT2D eigenvalue weighted by Crippen LogP contribution is -2.24. The second-order valence-corrected chi connectivity index (χ2v) is 7.15. The van der Waals surface area contributed by atoms with Gasteiger partial charge in [0.25, 0.3) is 0 Å². The summed E-state index contributed by atoms with van der Waals surface area (Å²) in [6, 6.07) is 4.11. The maximum atomic E-state index is 12.4. The molecule has 0 aliphatic heterocycles. The Morgan fingerprint density at radius 1 is 1.05 bits per heavy atom. The minimum absolute atomic E-state index is 0.240. The zero-order chi connectivity index (χ0) is 15.8. The first-order valence-electron chi connectivity index (χ1n) is 6.80. The quantitative estimate of drug-likeness (QED) is 0.911. The third kappa shape index (κ3) is 3.16. The molecule has 0 aliphatic rings. The highest BCUT2D eigenvalue weighted by atomic mass is 32.2. The maximum Gasteiger partial charge on any atom is 0.244 e. The van der Waals surface area contributed by atoms with Gasteiger partial charge in [0.2, 0.25) is 10.0 Å². The van der Waals surface area contributed by atoms with Crippen LogP contribution in [0.1, 0.15) is 33.6 Å². The number of hydrogen-bond donors (Lipinski definition) is 2. The fourth-order valence-electron chi connectivity index (χ4n) is 2.39. The first-order valence-corrected chi connectivity index (χ1v) is 8.28. The molecule has 1 aromatic heterocycles. The Labute approximate surface area is 125 Å². The van der Waals surface area contributed by atoms with E-state index < -0.39 is 10.0 Å². The lowest BCUT2D eigenvalue weighted by atomic mass is 10.0. The molecule has 0 atom stereocenters. The summed E-state index contributed by atoms with van der Waals surface area (Å²) in [5, 5.41) is 6.64. The summed E-state index contributed by atoms with van der Waals surface area (Å²) in [7, 11) is -3.56. The van der Waals surface area contributed by atoms with Gasteiger partial charge in [0, 0.05) is 6.54 Å². The Balaban J connectivity index is 2.26. The van der Waals surface area contributed by atoms with E-state index in [1.165, 1.54) is 5.56 Å². The maximum absolute atomic E-state index is 12.4. The smallest absolute Gasteiger partial charge is 0.244 e. The van der Waals surface area contributed by atoms with Crippen LogP contribution in [0.15, 0.2) is 17.0 Å². The lowest BCUT2D eigenvalue weighted by molar-refractivity contribution is 0.580. The molecule has 0 saturated heterocycles. The van der Waals surface area contributed by atoms with E-state index in [0.29, 0.717) is 11.4 Å². The Bertz CT molecular complexity index is 757. The highest BCUT2D eigenvalue weighted by Gasteiger charge is 2.22. The second kappa shape index (κ2) is 5.61. The molecule has 0 unspecified atom stereocenters. The molecule has 5 nitrogen and oxygen atoms in total.